The Morgan fingerprint density at radius 1 is 1.65 bits per heavy atom. The summed E-state index contributed by atoms with van der Waals surface area (Å²) in [5.41, 5.74) is 0.684. The number of amides is 1. The van der Waals surface area contributed by atoms with Crippen LogP contribution in [0.25, 0.3) is 0 Å². The van der Waals surface area contributed by atoms with Crippen LogP contribution in [0.15, 0.2) is 18.3 Å². The molecule has 2 heterocycles. The lowest BCUT2D eigenvalue weighted by atomic mass is 10.1. The molecule has 1 saturated heterocycles. The summed E-state index contributed by atoms with van der Waals surface area (Å²) in [6.45, 7) is 3.21. The molecule has 1 atom stereocenters. The highest BCUT2D eigenvalue weighted by molar-refractivity contribution is 5.92. The van der Waals surface area contributed by atoms with Crippen LogP contribution in [-0.2, 0) is 0 Å². The van der Waals surface area contributed by atoms with E-state index in [1.54, 1.807) is 19.3 Å². The first kappa shape index (κ1) is 11.9. The summed E-state index contributed by atoms with van der Waals surface area (Å²) in [6.07, 6.45) is 2.36. The molecule has 1 amide bonds. The minimum absolute atomic E-state index is 0.196. The third kappa shape index (κ3) is 2.55. The molecule has 17 heavy (non-hydrogen) atoms. The Kier molecular flexibility index (Phi) is 3.02. The molecule has 1 aromatic rings. The molecule has 2 rings (SSSR count). The number of β-amino-alcohol motifs (C(OH)–C–C–N with tert-alkyl or cyclic N) is 1. The second-order valence-corrected chi connectivity index (χ2v) is 4.65. The topological polar surface area (TPSA) is 65.5 Å². The van der Waals surface area contributed by atoms with Crippen molar-refractivity contribution >= 4 is 11.6 Å². The van der Waals surface area contributed by atoms with E-state index in [1.165, 1.54) is 0 Å². The van der Waals surface area contributed by atoms with Gasteiger partial charge in [0.15, 0.2) is 0 Å². The van der Waals surface area contributed by atoms with Gasteiger partial charge in [0, 0.05) is 32.0 Å². The molecule has 1 aromatic heterocycles. The molecule has 92 valence electrons. The SMILES string of the molecule is CNC(=O)c1cc(N2CCC(C)(O)C2)ccn1. The fraction of sp³-hybridized carbons (Fsp3) is 0.500. The van der Waals surface area contributed by atoms with E-state index in [4.69, 9.17) is 0 Å². The number of pyridine rings is 1. The predicted molar refractivity (Wildman–Crippen MR) is 65.1 cm³/mol. The monoisotopic (exact) mass is 235 g/mol. The van der Waals surface area contributed by atoms with E-state index in [2.05, 4.69) is 15.2 Å². The van der Waals surface area contributed by atoms with Crippen molar-refractivity contribution < 1.29 is 9.90 Å². The highest BCUT2D eigenvalue weighted by Gasteiger charge is 2.31. The van der Waals surface area contributed by atoms with Gasteiger partial charge >= 0.3 is 0 Å². The van der Waals surface area contributed by atoms with E-state index in [0.717, 1.165) is 18.7 Å². The molecular formula is C12H17N3O2. The summed E-state index contributed by atoms with van der Waals surface area (Å²) in [7, 11) is 1.58. The number of nitrogens with one attached hydrogen (secondary N) is 1. The molecule has 1 aliphatic rings. The van der Waals surface area contributed by atoms with E-state index in [9.17, 15) is 9.90 Å². The van der Waals surface area contributed by atoms with Crippen molar-refractivity contribution in [3.8, 4) is 0 Å². The van der Waals surface area contributed by atoms with Crippen molar-refractivity contribution in [3.63, 3.8) is 0 Å². The first-order valence-electron chi connectivity index (χ1n) is 5.67. The molecular weight excluding hydrogens is 218 g/mol. The minimum atomic E-state index is -0.642. The van der Waals surface area contributed by atoms with Crippen LogP contribution in [0.4, 0.5) is 5.69 Å². The van der Waals surface area contributed by atoms with Gasteiger partial charge in [0.25, 0.3) is 5.91 Å². The van der Waals surface area contributed by atoms with Gasteiger partial charge in [-0.05, 0) is 25.5 Å². The average molecular weight is 235 g/mol. The maximum atomic E-state index is 11.5. The molecule has 2 N–H and O–H groups in total. The van der Waals surface area contributed by atoms with E-state index < -0.39 is 5.60 Å². The summed E-state index contributed by atoms with van der Waals surface area (Å²) in [6, 6.07) is 3.61. The Balaban J connectivity index is 2.20. The van der Waals surface area contributed by atoms with Crippen LogP contribution >= 0.6 is 0 Å². The van der Waals surface area contributed by atoms with Gasteiger partial charge in [0.2, 0.25) is 0 Å². The Morgan fingerprint density at radius 3 is 3.00 bits per heavy atom. The normalized spacial score (nSPS) is 23.8. The van der Waals surface area contributed by atoms with E-state index >= 15 is 0 Å². The van der Waals surface area contributed by atoms with Gasteiger partial charge < -0.3 is 15.3 Å². The molecule has 0 spiro atoms. The van der Waals surface area contributed by atoms with Crippen LogP contribution < -0.4 is 10.2 Å². The molecule has 5 nitrogen and oxygen atoms in total. The van der Waals surface area contributed by atoms with Crippen LogP contribution in [0.3, 0.4) is 0 Å². The van der Waals surface area contributed by atoms with Gasteiger partial charge in [0.05, 0.1) is 5.60 Å². The number of rotatable bonds is 2. The maximum Gasteiger partial charge on any atom is 0.269 e. The van der Waals surface area contributed by atoms with Gasteiger partial charge in [-0.3, -0.25) is 9.78 Å². The summed E-state index contributed by atoms with van der Waals surface area (Å²) < 4.78 is 0. The van der Waals surface area contributed by atoms with Gasteiger partial charge in [-0.25, -0.2) is 0 Å². The Labute approximate surface area is 100 Å². The third-order valence-electron chi connectivity index (χ3n) is 3.02. The molecule has 1 aliphatic heterocycles. The van der Waals surface area contributed by atoms with Gasteiger partial charge in [-0.15, -0.1) is 0 Å². The van der Waals surface area contributed by atoms with E-state index in [1.807, 2.05) is 13.0 Å². The first-order chi connectivity index (χ1) is 8.02. The minimum Gasteiger partial charge on any atom is -0.388 e. The fourth-order valence-electron chi connectivity index (χ4n) is 2.03. The molecule has 0 aromatic carbocycles. The second-order valence-electron chi connectivity index (χ2n) is 4.65. The highest BCUT2D eigenvalue weighted by atomic mass is 16.3. The Bertz CT molecular complexity index is 432. The van der Waals surface area contributed by atoms with Gasteiger partial charge in [-0.1, -0.05) is 0 Å². The number of anilines is 1. The highest BCUT2D eigenvalue weighted by Crippen LogP contribution is 2.26. The Morgan fingerprint density at radius 2 is 2.41 bits per heavy atom. The zero-order chi connectivity index (χ0) is 12.5. The van der Waals surface area contributed by atoms with Crippen molar-refractivity contribution in [1.29, 1.82) is 0 Å². The third-order valence-corrected chi connectivity index (χ3v) is 3.02. The zero-order valence-corrected chi connectivity index (χ0v) is 10.1. The van der Waals surface area contributed by atoms with Crippen LogP contribution in [0.2, 0.25) is 0 Å². The number of carbonyl (C=O) groups excluding carboxylic acids is 1. The van der Waals surface area contributed by atoms with Crippen LogP contribution in [0.5, 0.6) is 0 Å². The Hall–Kier alpha value is -1.62. The average Bonchev–Trinajstić information content (AvgIpc) is 2.69. The number of hydrogen-bond acceptors (Lipinski definition) is 4. The molecule has 1 unspecified atom stereocenters. The zero-order valence-electron chi connectivity index (χ0n) is 10.1. The molecule has 0 saturated carbocycles. The standard InChI is InChI=1S/C12H17N3O2/c1-12(17)4-6-15(8-12)9-3-5-14-10(7-9)11(16)13-2/h3,5,7,17H,4,6,8H2,1-2H3,(H,13,16). The predicted octanol–water partition coefficient (Wildman–Crippen LogP) is 0.402. The first-order valence-corrected chi connectivity index (χ1v) is 5.67. The van der Waals surface area contributed by atoms with Crippen molar-refractivity contribution in [3.05, 3.63) is 24.0 Å². The number of hydrogen-bond donors (Lipinski definition) is 2. The number of aromatic nitrogens is 1. The summed E-state index contributed by atoms with van der Waals surface area (Å²) in [5.74, 6) is -0.196. The van der Waals surface area contributed by atoms with Gasteiger partial charge in [-0.2, -0.15) is 0 Å². The maximum absolute atomic E-state index is 11.5. The van der Waals surface area contributed by atoms with Crippen LogP contribution in [0.1, 0.15) is 23.8 Å². The summed E-state index contributed by atoms with van der Waals surface area (Å²) in [4.78, 5) is 17.5. The van der Waals surface area contributed by atoms with Gasteiger partial charge in [0.1, 0.15) is 5.69 Å². The lowest BCUT2D eigenvalue weighted by Gasteiger charge is -2.20. The number of nitrogens with zero attached hydrogens (tertiary/aromatic N) is 2. The summed E-state index contributed by atoms with van der Waals surface area (Å²) >= 11 is 0. The molecule has 5 heteroatoms. The lowest BCUT2D eigenvalue weighted by Crippen LogP contribution is -2.29. The van der Waals surface area contributed by atoms with Crippen molar-refractivity contribution in [1.82, 2.24) is 10.3 Å². The lowest BCUT2D eigenvalue weighted by molar-refractivity contribution is 0.0839. The van der Waals surface area contributed by atoms with Crippen LogP contribution in [-0.4, -0.2) is 41.7 Å². The van der Waals surface area contributed by atoms with Crippen molar-refractivity contribution in [2.45, 2.75) is 18.9 Å². The molecule has 0 aliphatic carbocycles. The van der Waals surface area contributed by atoms with Crippen LogP contribution in [0, 0.1) is 0 Å². The van der Waals surface area contributed by atoms with E-state index in [0.29, 0.717) is 12.2 Å². The fourth-order valence-corrected chi connectivity index (χ4v) is 2.03. The summed E-state index contributed by atoms with van der Waals surface area (Å²) in [5, 5.41) is 12.5. The quantitative estimate of drug-likeness (QED) is 0.779. The van der Waals surface area contributed by atoms with E-state index in [-0.39, 0.29) is 5.91 Å². The second kappa shape index (κ2) is 4.33. The molecule has 0 radical (unpaired) electrons. The molecule has 0 bridgehead atoms. The number of aliphatic hydroxyl groups is 1. The van der Waals surface area contributed by atoms with Crippen molar-refractivity contribution in [2.75, 3.05) is 25.0 Å². The van der Waals surface area contributed by atoms with Crippen molar-refractivity contribution in [2.24, 2.45) is 0 Å². The molecule has 1 fully saturated rings. The number of carbonyl (C=O) groups is 1. The largest absolute Gasteiger partial charge is 0.388 e. The smallest absolute Gasteiger partial charge is 0.269 e.